The molecule has 0 aromatic heterocycles. The van der Waals surface area contributed by atoms with Crippen LogP contribution in [0, 0.1) is 13.8 Å². The number of hydrogen-bond acceptors (Lipinski definition) is 3. The fourth-order valence-corrected chi connectivity index (χ4v) is 2.21. The summed E-state index contributed by atoms with van der Waals surface area (Å²) in [5.41, 5.74) is 1.13. The number of carbonyl (C=O) groups is 2. The number of nitrogens with one attached hydrogen (secondary N) is 1. The summed E-state index contributed by atoms with van der Waals surface area (Å²) in [5.74, 6) is -1.57. The normalized spacial score (nSPS) is 12.4. The molecule has 2 aromatic carbocycles. The molecule has 0 heterocycles. The molecule has 7 heteroatoms. The van der Waals surface area contributed by atoms with E-state index in [-0.39, 0.29) is 5.56 Å². The van der Waals surface area contributed by atoms with Gasteiger partial charge in [0.15, 0.2) is 6.10 Å². The summed E-state index contributed by atoms with van der Waals surface area (Å²) in [6.45, 7) is 5.03. The summed E-state index contributed by atoms with van der Waals surface area (Å²) in [4.78, 5) is 24.2. The lowest BCUT2D eigenvalue weighted by Gasteiger charge is -2.15. The van der Waals surface area contributed by atoms with Gasteiger partial charge < -0.3 is 10.1 Å². The Morgan fingerprint density at radius 1 is 1.08 bits per heavy atom. The molecule has 0 aliphatic carbocycles. The number of alkyl halides is 3. The molecule has 1 amide bonds. The summed E-state index contributed by atoms with van der Waals surface area (Å²) in [7, 11) is 0. The van der Waals surface area contributed by atoms with Crippen LogP contribution in [0.15, 0.2) is 42.5 Å². The molecular weight excluding hydrogens is 347 g/mol. The molecule has 26 heavy (non-hydrogen) atoms. The number of amides is 1. The number of anilines is 1. The first kappa shape index (κ1) is 19.5. The summed E-state index contributed by atoms with van der Waals surface area (Å²) in [6.07, 6.45) is -5.74. The van der Waals surface area contributed by atoms with Crippen molar-refractivity contribution in [3.8, 4) is 0 Å². The van der Waals surface area contributed by atoms with Gasteiger partial charge >= 0.3 is 12.1 Å². The van der Waals surface area contributed by atoms with Crippen LogP contribution in [-0.2, 0) is 15.7 Å². The Bertz CT molecular complexity index is 831. The second-order valence-corrected chi connectivity index (χ2v) is 5.93. The minimum Gasteiger partial charge on any atom is -0.449 e. The lowest BCUT2D eigenvalue weighted by molar-refractivity contribution is -0.137. The average molecular weight is 365 g/mol. The lowest BCUT2D eigenvalue weighted by atomic mass is 10.1. The molecule has 0 bridgehead atoms. The molecule has 0 saturated carbocycles. The first-order valence-corrected chi connectivity index (χ1v) is 7.84. The van der Waals surface area contributed by atoms with Crippen LogP contribution in [0.25, 0.3) is 0 Å². The molecule has 0 spiro atoms. The van der Waals surface area contributed by atoms with Gasteiger partial charge in [0.25, 0.3) is 5.91 Å². The van der Waals surface area contributed by atoms with E-state index < -0.39 is 29.7 Å². The zero-order chi connectivity index (χ0) is 19.5. The van der Waals surface area contributed by atoms with Gasteiger partial charge in [0, 0.05) is 5.69 Å². The Balaban J connectivity index is 2.07. The Kier molecular flexibility index (Phi) is 5.69. The van der Waals surface area contributed by atoms with Crippen molar-refractivity contribution in [1.82, 2.24) is 0 Å². The van der Waals surface area contributed by atoms with Crippen LogP contribution >= 0.6 is 0 Å². The second-order valence-electron chi connectivity index (χ2n) is 5.93. The highest BCUT2D eigenvalue weighted by molar-refractivity contribution is 5.97. The SMILES string of the molecule is Cc1ccc(C)c(NC(=O)C(C)OC(=O)c2cccc(C(F)(F)F)c2)c1. The summed E-state index contributed by atoms with van der Waals surface area (Å²) >= 11 is 0. The van der Waals surface area contributed by atoms with Crippen LogP contribution < -0.4 is 5.32 Å². The number of carbonyl (C=O) groups excluding carboxylic acids is 2. The quantitative estimate of drug-likeness (QED) is 0.812. The number of esters is 1. The molecule has 0 saturated heterocycles. The lowest BCUT2D eigenvalue weighted by Crippen LogP contribution is -2.30. The van der Waals surface area contributed by atoms with E-state index in [9.17, 15) is 22.8 Å². The molecule has 0 radical (unpaired) electrons. The van der Waals surface area contributed by atoms with Gasteiger partial charge in [0.2, 0.25) is 0 Å². The van der Waals surface area contributed by atoms with Crippen molar-refractivity contribution >= 4 is 17.6 Å². The van der Waals surface area contributed by atoms with Crippen molar-refractivity contribution in [2.45, 2.75) is 33.1 Å². The minimum atomic E-state index is -4.57. The zero-order valence-electron chi connectivity index (χ0n) is 14.5. The van der Waals surface area contributed by atoms with Gasteiger partial charge in [-0.15, -0.1) is 0 Å². The number of rotatable bonds is 4. The topological polar surface area (TPSA) is 55.4 Å². The van der Waals surface area contributed by atoms with Crippen LogP contribution in [-0.4, -0.2) is 18.0 Å². The third-order valence-corrected chi connectivity index (χ3v) is 3.73. The first-order valence-electron chi connectivity index (χ1n) is 7.84. The third kappa shape index (κ3) is 4.84. The maximum Gasteiger partial charge on any atom is 0.416 e. The van der Waals surface area contributed by atoms with Crippen molar-refractivity contribution in [1.29, 1.82) is 0 Å². The van der Waals surface area contributed by atoms with E-state index in [1.165, 1.54) is 13.0 Å². The molecule has 1 atom stereocenters. The van der Waals surface area contributed by atoms with Gasteiger partial charge in [-0.1, -0.05) is 18.2 Å². The largest absolute Gasteiger partial charge is 0.449 e. The van der Waals surface area contributed by atoms with E-state index in [0.717, 1.165) is 23.3 Å². The highest BCUT2D eigenvalue weighted by Crippen LogP contribution is 2.29. The monoisotopic (exact) mass is 365 g/mol. The second kappa shape index (κ2) is 7.59. The van der Waals surface area contributed by atoms with Crippen molar-refractivity contribution in [3.05, 3.63) is 64.7 Å². The van der Waals surface area contributed by atoms with Crippen molar-refractivity contribution in [2.75, 3.05) is 5.32 Å². The smallest absolute Gasteiger partial charge is 0.416 e. The fourth-order valence-electron chi connectivity index (χ4n) is 2.21. The van der Waals surface area contributed by atoms with Crippen molar-refractivity contribution in [2.24, 2.45) is 0 Å². The molecule has 1 unspecified atom stereocenters. The van der Waals surface area contributed by atoms with Crippen LogP contribution in [0.2, 0.25) is 0 Å². The number of halogens is 3. The fraction of sp³-hybridized carbons (Fsp3) is 0.263. The molecule has 2 rings (SSSR count). The maximum atomic E-state index is 12.7. The standard InChI is InChI=1S/C19H18F3NO3/c1-11-7-8-12(2)16(9-11)23-17(24)13(3)26-18(25)14-5-4-6-15(10-14)19(20,21)22/h4-10,13H,1-3H3,(H,23,24). The molecule has 0 fully saturated rings. The van der Waals surface area contributed by atoms with Crippen molar-refractivity contribution < 1.29 is 27.5 Å². The predicted octanol–water partition coefficient (Wildman–Crippen LogP) is 4.51. The summed E-state index contributed by atoms with van der Waals surface area (Å²) in [5, 5.41) is 2.65. The highest BCUT2D eigenvalue weighted by Gasteiger charge is 2.31. The Morgan fingerprint density at radius 3 is 2.42 bits per heavy atom. The number of ether oxygens (including phenoxy) is 1. The third-order valence-electron chi connectivity index (χ3n) is 3.73. The molecule has 0 aliphatic rings. The Labute approximate surface area is 149 Å². The minimum absolute atomic E-state index is 0.272. The average Bonchev–Trinajstić information content (AvgIpc) is 2.57. The van der Waals surface area contributed by atoms with E-state index in [2.05, 4.69) is 5.32 Å². The van der Waals surface area contributed by atoms with Gasteiger partial charge in [-0.2, -0.15) is 13.2 Å². The molecule has 0 aliphatic heterocycles. The van der Waals surface area contributed by atoms with Gasteiger partial charge in [-0.3, -0.25) is 4.79 Å². The Morgan fingerprint density at radius 2 is 1.77 bits per heavy atom. The molecular formula is C19H18F3NO3. The summed E-state index contributed by atoms with van der Waals surface area (Å²) < 4.78 is 43.1. The predicted molar refractivity (Wildman–Crippen MR) is 90.9 cm³/mol. The van der Waals surface area contributed by atoms with E-state index in [1.807, 2.05) is 26.0 Å². The van der Waals surface area contributed by atoms with Gasteiger partial charge in [0.05, 0.1) is 11.1 Å². The first-order chi connectivity index (χ1) is 12.1. The van der Waals surface area contributed by atoms with Crippen LogP contribution in [0.3, 0.4) is 0 Å². The highest BCUT2D eigenvalue weighted by atomic mass is 19.4. The van der Waals surface area contributed by atoms with Gasteiger partial charge in [-0.25, -0.2) is 4.79 Å². The molecule has 4 nitrogen and oxygen atoms in total. The zero-order valence-corrected chi connectivity index (χ0v) is 14.5. The summed E-state index contributed by atoms with van der Waals surface area (Å²) in [6, 6.07) is 9.36. The van der Waals surface area contributed by atoms with Crippen molar-refractivity contribution in [3.63, 3.8) is 0 Å². The van der Waals surface area contributed by atoms with E-state index in [4.69, 9.17) is 4.74 Å². The van der Waals surface area contributed by atoms with Gasteiger partial charge in [-0.05, 0) is 56.2 Å². The molecule has 2 aromatic rings. The van der Waals surface area contributed by atoms with E-state index in [0.29, 0.717) is 11.8 Å². The van der Waals surface area contributed by atoms with Crippen LogP contribution in [0.1, 0.15) is 34.0 Å². The number of benzene rings is 2. The number of aryl methyl sites for hydroxylation is 2. The molecule has 1 N–H and O–H groups in total. The molecule has 138 valence electrons. The maximum absolute atomic E-state index is 12.7. The number of hydrogen-bond donors (Lipinski definition) is 1. The van der Waals surface area contributed by atoms with Gasteiger partial charge in [0.1, 0.15) is 0 Å². The van der Waals surface area contributed by atoms with Crippen LogP contribution in [0.4, 0.5) is 18.9 Å². The van der Waals surface area contributed by atoms with Crippen LogP contribution in [0.5, 0.6) is 0 Å². The van der Waals surface area contributed by atoms with E-state index in [1.54, 1.807) is 6.07 Å². The Hall–Kier alpha value is -2.83. The van der Waals surface area contributed by atoms with E-state index >= 15 is 0 Å².